The molecule has 1 saturated carbocycles. The van der Waals surface area contributed by atoms with Crippen molar-refractivity contribution in [1.29, 1.82) is 0 Å². The lowest BCUT2D eigenvalue weighted by Gasteiger charge is -2.45. The minimum atomic E-state index is 0.499. The summed E-state index contributed by atoms with van der Waals surface area (Å²) in [5, 5.41) is 0. The molecular formula is C13H26. The van der Waals surface area contributed by atoms with E-state index < -0.39 is 0 Å². The van der Waals surface area contributed by atoms with Crippen molar-refractivity contribution < 1.29 is 0 Å². The highest BCUT2D eigenvalue weighted by atomic mass is 14.4. The first-order valence-corrected chi connectivity index (χ1v) is 5.82. The van der Waals surface area contributed by atoms with Crippen molar-refractivity contribution in [2.75, 3.05) is 0 Å². The summed E-state index contributed by atoms with van der Waals surface area (Å²) in [5.74, 6) is 3.70. The normalized spacial score (nSPS) is 42.0. The molecular weight excluding hydrogens is 156 g/mol. The van der Waals surface area contributed by atoms with Gasteiger partial charge in [0.15, 0.2) is 0 Å². The van der Waals surface area contributed by atoms with Gasteiger partial charge in [-0.3, -0.25) is 0 Å². The number of hydrogen-bond donors (Lipinski definition) is 0. The zero-order valence-corrected chi connectivity index (χ0v) is 10.2. The van der Waals surface area contributed by atoms with Crippen molar-refractivity contribution in [3.63, 3.8) is 0 Å². The minimum Gasteiger partial charge on any atom is -0.0625 e. The summed E-state index contributed by atoms with van der Waals surface area (Å²) in [6.07, 6.45) is 2.87. The van der Waals surface area contributed by atoms with Crippen LogP contribution in [0.3, 0.4) is 0 Å². The molecule has 0 heterocycles. The topological polar surface area (TPSA) is 0 Å². The third kappa shape index (κ3) is 2.48. The molecule has 0 radical (unpaired) electrons. The summed E-state index contributed by atoms with van der Waals surface area (Å²) in [6, 6.07) is 0. The summed E-state index contributed by atoms with van der Waals surface area (Å²) in [6.45, 7) is 14.5. The van der Waals surface area contributed by atoms with Gasteiger partial charge in [0, 0.05) is 0 Å². The van der Waals surface area contributed by atoms with Crippen molar-refractivity contribution in [2.45, 2.75) is 54.4 Å². The smallest absolute Gasteiger partial charge is 0.0314 e. The van der Waals surface area contributed by atoms with E-state index >= 15 is 0 Å². The fourth-order valence-corrected chi connectivity index (χ4v) is 3.93. The van der Waals surface area contributed by atoms with Gasteiger partial charge in [-0.25, -0.2) is 0 Å². The SMILES string of the molecule is CC1CC(C)C(C(C)(C)C)C(C)C1. The average molecular weight is 182 g/mol. The molecule has 1 rings (SSSR count). The maximum Gasteiger partial charge on any atom is -0.0314 e. The van der Waals surface area contributed by atoms with Gasteiger partial charge in [0.05, 0.1) is 0 Å². The van der Waals surface area contributed by atoms with E-state index in [1.165, 1.54) is 12.8 Å². The van der Waals surface area contributed by atoms with Gasteiger partial charge < -0.3 is 0 Å². The summed E-state index contributed by atoms with van der Waals surface area (Å²) in [4.78, 5) is 0. The van der Waals surface area contributed by atoms with Gasteiger partial charge in [0.25, 0.3) is 0 Å². The first-order chi connectivity index (χ1) is 5.82. The summed E-state index contributed by atoms with van der Waals surface area (Å²) >= 11 is 0. The molecule has 2 unspecified atom stereocenters. The summed E-state index contributed by atoms with van der Waals surface area (Å²) in [5.41, 5.74) is 0.499. The maximum absolute atomic E-state index is 2.45. The summed E-state index contributed by atoms with van der Waals surface area (Å²) in [7, 11) is 0. The molecule has 0 bridgehead atoms. The molecule has 1 fully saturated rings. The van der Waals surface area contributed by atoms with E-state index in [9.17, 15) is 0 Å². The van der Waals surface area contributed by atoms with Gasteiger partial charge in [-0.2, -0.15) is 0 Å². The van der Waals surface area contributed by atoms with Crippen LogP contribution in [0.1, 0.15) is 54.4 Å². The average Bonchev–Trinajstić information content (AvgIpc) is 1.78. The standard InChI is InChI=1S/C13H26/c1-9-7-10(2)12(11(3)8-9)13(4,5)6/h9-12H,7-8H2,1-6H3. The van der Waals surface area contributed by atoms with Crippen LogP contribution in [0.2, 0.25) is 0 Å². The van der Waals surface area contributed by atoms with Crippen LogP contribution in [0, 0.1) is 29.1 Å². The van der Waals surface area contributed by atoms with E-state index in [1.54, 1.807) is 0 Å². The molecule has 78 valence electrons. The monoisotopic (exact) mass is 182 g/mol. The van der Waals surface area contributed by atoms with Crippen LogP contribution in [0.25, 0.3) is 0 Å². The van der Waals surface area contributed by atoms with Gasteiger partial charge in [0.1, 0.15) is 0 Å². The molecule has 13 heavy (non-hydrogen) atoms. The van der Waals surface area contributed by atoms with Gasteiger partial charge in [-0.05, 0) is 41.9 Å². The predicted octanol–water partition coefficient (Wildman–Crippen LogP) is 4.35. The quantitative estimate of drug-likeness (QED) is 0.522. The Kier molecular flexibility index (Phi) is 3.09. The Morgan fingerprint density at radius 2 is 1.23 bits per heavy atom. The molecule has 0 heteroatoms. The molecule has 0 amide bonds. The van der Waals surface area contributed by atoms with E-state index in [4.69, 9.17) is 0 Å². The van der Waals surface area contributed by atoms with Gasteiger partial charge in [-0.15, -0.1) is 0 Å². The Hall–Kier alpha value is 0. The Morgan fingerprint density at radius 1 is 0.846 bits per heavy atom. The largest absolute Gasteiger partial charge is 0.0625 e. The zero-order chi connectivity index (χ0) is 10.2. The molecule has 0 N–H and O–H groups in total. The van der Waals surface area contributed by atoms with Crippen molar-refractivity contribution in [2.24, 2.45) is 29.1 Å². The lowest BCUT2D eigenvalue weighted by atomic mass is 9.60. The van der Waals surface area contributed by atoms with E-state index in [2.05, 4.69) is 41.5 Å². The van der Waals surface area contributed by atoms with Crippen LogP contribution >= 0.6 is 0 Å². The molecule has 0 aliphatic heterocycles. The predicted molar refractivity (Wildman–Crippen MR) is 59.7 cm³/mol. The third-order valence-corrected chi connectivity index (χ3v) is 3.77. The number of hydrogen-bond acceptors (Lipinski definition) is 0. The molecule has 0 spiro atoms. The highest BCUT2D eigenvalue weighted by Gasteiger charge is 2.38. The highest BCUT2D eigenvalue weighted by molar-refractivity contribution is 4.87. The van der Waals surface area contributed by atoms with Crippen LogP contribution < -0.4 is 0 Å². The van der Waals surface area contributed by atoms with E-state index in [0.717, 1.165) is 23.7 Å². The van der Waals surface area contributed by atoms with Crippen molar-refractivity contribution in [1.82, 2.24) is 0 Å². The fraction of sp³-hybridized carbons (Fsp3) is 1.00. The molecule has 1 aliphatic rings. The fourth-order valence-electron chi connectivity index (χ4n) is 3.93. The van der Waals surface area contributed by atoms with E-state index in [0.29, 0.717) is 5.41 Å². The lowest BCUT2D eigenvalue weighted by Crippen LogP contribution is -2.37. The molecule has 0 nitrogen and oxygen atoms in total. The third-order valence-electron chi connectivity index (χ3n) is 3.77. The van der Waals surface area contributed by atoms with Crippen molar-refractivity contribution >= 4 is 0 Å². The second-order valence-corrected chi connectivity index (χ2v) is 6.42. The lowest BCUT2D eigenvalue weighted by molar-refractivity contribution is 0.0425. The summed E-state index contributed by atoms with van der Waals surface area (Å²) < 4.78 is 0. The molecule has 0 aromatic rings. The Labute approximate surface area is 84.1 Å². The van der Waals surface area contributed by atoms with Crippen LogP contribution in [0.5, 0.6) is 0 Å². The highest BCUT2D eigenvalue weighted by Crippen LogP contribution is 2.46. The molecule has 0 saturated heterocycles. The Morgan fingerprint density at radius 3 is 1.54 bits per heavy atom. The molecule has 0 aromatic heterocycles. The van der Waals surface area contributed by atoms with Crippen LogP contribution in [-0.4, -0.2) is 0 Å². The van der Waals surface area contributed by atoms with Gasteiger partial charge in [-0.1, -0.05) is 41.5 Å². The van der Waals surface area contributed by atoms with Gasteiger partial charge >= 0.3 is 0 Å². The Bertz CT molecular complexity index is 151. The minimum absolute atomic E-state index is 0.499. The van der Waals surface area contributed by atoms with Crippen molar-refractivity contribution in [3.05, 3.63) is 0 Å². The molecule has 0 aromatic carbocycles. The van der Waals surface area contributed by atoms with E-state index in [-0.39, 0.29) is 0 Å². The Balaban J connectivity index is 2.73. The van der Waals surface area contributed by atoms with Gasteiger partial charge in [0.2, 0.25) is 0 Å². The van der Waals surface area contributed by atoms with Crippen LogP contribution in [-0.2, 0) is 0 Å². The zero-order valence-electron chi connectivity index (χ0n) is 10.2. The second kappa shape index (κ2) is 3.63. The van der Waals surface area contributed by atoms with Crippen LogP contribution in [0.4, 0.5) is 0 Å². The second-order valence-electron chi connectivity index (χ2n) is 6.42. The molecule has 2 atom stereocenters. The molecule has 1 aliphatic carbocycles. The van der Waals surface area contributed by atoms with Crippen LogP contribution in [0.15, 0.2) is 0 Å². The first kappa shape index (κ1) is 11.1. The van der Waals surface area contributed by atoms with E-state index in [1.807, 2.05) is 0 Å². The first-order valence-electron chi connectivity index (χ1n) is 5.82. The number of rotatable bonds is 0. The van der Waals surface area contributed by atoms with Crippen molar-refractivity contribution in [3.8, 4) is 0 Å². The maximum atomic E-state index is 2.45.